The molecule has 0 bridgehead atoms. The van der Waals surface area contributed by atoms with Crippen LogP contribution in [0, 0.1) is 11.6 Å². The summed E-state index contributed by atoms with van der Waals surface area (Å²) >= 11 is 0. The molecule has 0 unspecified atom stereocenters. The number of nitrogens with two attached hydrogens (primary N) is 1. The van der Waals surface area contributed by atoms with Gasteiger partial charge in [-0.2, -0.15) is 4.31 Å². The number of halogens is 2. The lowest BCUT2D eigenvalue weighted by Crippen LogP contribution is -2.45. The molecule has 0 saturated heterocycles. The van der Waals surface area contributed by atoms with Crippen LogP contribution in [0.4, 0.5) is 8.78 Å². The van der Waals surface area contributed by atoms with Crippen molar-refractivity contribution in [2.45, 2.75) is 36.6 Å². The van der Waals surface area contributed by atoms with Gasteiger partial charge in [-0.05, 0) is 37.9 Å². The van der Waals surface area contributed by atoms with Crippen LogP contribution in [0.1, 0.15) is 25.7 Å². The Morgan fingerprint density at radius 1 is 1.30 bits per heavy atom. The van der Waals surface area contributed by atoms with E-state index >= 15 is 0 Å². The van der Waals surface area contributed by atoms with Crippen LogP contribution in [-0.4, -0.2) is 31.9 Å². The van der Waals surface area contributed by atoms with E-state index in [1.54, 1.807) is 0 Å². The molecule has 7 heteroatoms. The van der Waals surface area contributed by atoms with Gasteiger partial charge in [0.05, 0.1) is 0 Å². The van der Waals surface area contributed by atoms with E-state index in [4.69, 9.17) is 5.73 Å². The second-order valence-electron chi connectivity index (χ2n) is 4.92. The number of hydrogen-bond acceptors (Lipinski definition) is 3. The molecule has 1 fully saturated rings. The molecule has 0 heterocycles. The number of nitrogens with zero attached hydrogens (tertiary/aromatic N) is 1. The predicted octanol–water partition coefficient (Wildman–Crippen LogP) is 1.86. The van der Waals surface area contributed by atoms with Gasteiger partial charge < -0.3 is 5.73 Å². The number of sulfonamides is 1. The molecule has 1 aliphatic carbocycles. The quantitative estimate of drug-likeness (QED) is 0.872. The summed E-state index contributed by atoms with van der Waals surface area (Å²) in [6.07, 6.45) is 3.02. The summed E-state index contributed by atoms with van der Waals surface area (Å²) in [5, 5.41) is 0. The van der Waals surface area contributed by atoms with Gasteiger partial charge in [0.1, 0.15) is 16.5 Å². The van der Waals surface area contributed by atoms with Gasteiger partial charge in [0.2, 0.25) is 10.0 Å². The molecule has 2 N–H and O–H groups in total. The zero-order valence-electron chi connectivity index (χ0n) is 11.1. The van der Waals surface area contributed by atoms with Crippen molar-refractivity contribution >= 4 is 10.0 Å². The molecule has 1 saturated carbocycles. The molecule has 1 aromatic carbocycles. The molecule has 4 nitrogen and oxygen atoms in total. The van der Waals surface area contributed by atoms with Crippen molar-refractivity contribution in [3.8, 4) is 0 Å². The standard InChI is InChI=1S/C13H18F2N2O2S/c14-10-5-6-13(12(15)9-10)20(18,19)17(8-2-7-16)11-3-1-4-11/h5-6,9,11H,1-4,7-8,16H2. The fraction of sp³-hybridized carbons (Fsp3) is 0.538. The maximum atomic E-state index is 13.7. The zero-order valence-corrected chi connectivity index (χ0v) is 11.9. The van der Waals surface area contributed by atoms with E-state index in [0.29, 0.717) is 19.0 Å². The van der Waals surface area contributed by atoms with Crippen LogP contribution < -0.4 is 5.73 Å². The summed E-state index contributed by atoms with van der Waals surface area (Å²) in [4.78, 5) is -0.470. The topological polar surface area (TPSA) is 63.4 Å². The van der Waals surface area contributed by atoms with Gasteiger partial charge >= 0.3 is 0 Å². The third-order valence-corrected chi connectivity index (χ3v) is 5.53. The van der Waals surface area contributed by atoms with Crippen molar-refractivity contribution in [1.29, 1.82) is 0 Å². The van der Waals surface area contributed by atoms with E-state index in [-0.39, 0.29) is 12.6 Å². The zero-order chi connectivity index (χ0) is 14.8. The Bertz CT molecular complexity index is 574. The molecule has 2 rings (SSSR count). The van der Waals surface area contributed by atoms with Crippen LogP contribution >= 0.6 is 0 Å². The Labute approximate surface area is 117 Å². The van der Waals surface area contributed by atoms with Crippen molar-refractivity contribution in [1.82, 2.24) is 4.31 Å². The van der Waals surface area contributed by atoms with Gasteiger partial charge in [-0.1, -0.05) is 6.42 Å². The highest BCUT2D eigenvalue weighted by Crippen LogP contribution is 2.31. The van der Waals surface area contributed by atoms with Gasteiger partial charge in [0, 0.05) is 18.7 Å². The van der Waals surface area contributed by atoms with Gasteiger partial charge in [-0.15, -0.1) is 0 Å². The minimum absolute atomic E-state index is 0.101. The lowest BCUT2D eigenvalue weighted by Gasteiger charge is -2.36. The minimum Gasteiger partial charge on any atom is -0.330 e. The first-order valence-corrected chi connectivity index (χ1v) is 8.08. The largest absolute Gasteiger partial charge is 0.330 e. The lowest BCUT2D eigenvalue weighted by molar-refractivity contribution is 0.218. The molecule has 0 aromatic heterocycles. The first kappa shape index (κ1) is 15.3. The molecule has 1 aromatic rings. The molecule has 0 radical (unpaired) electrons. The number of rotatable bonds is 6. The van der Waals surface area contributed by atoms with E-state index in [2.05, 4.69) is 0 Å². The molecule has 0 spiro atoms. The second kappa shape index (κ2) is 6.15. The molecule has 20 heavy (non-hydrogen) atoms. The van der Waals surface area contributed by atoms with Gasteiger partial charge in [-0.3, -0.25) is 0 Å². The summed E-state index contributed by atoms with van der Waals surface area (Å²) in [6.45, 7) is 0.630. The lowest BCUT2D eigenvalue weighted by atomic mass is 9.93. The van der Waals surface area contributed by atoms with Crippen LogP contribution in [0.5, 0.6) is 0 Å². The van der Waals surface area contributed by atoms with Gasteiger partial charge in [0.25, 0.3) is 0 Å². The maximum absolute atomic E-state index is 13.7. The fourth-order valence-corrected chi connectivity index (χ4v) is 4.00. The summed E-state index contributed by atoms with van der Waals surface area (Å²) in [6, 6.07) is 2.43. The Kier molecular flexibility index (Phi) is 4.72. The van der Waals surface area contributed by atoms with Crippen molar-refractivity contribution in [3.05, 3.63) is 29.8 Å². The van der Waals surface area contributed by atoms with Gasteiger partial charge in [-0.25, -0.2) is 17.2 Å². The van der Waals surface area contributed by atoms with E-state index in [1.165, 1.54) is 4.31 Å². The Morgan fingerprint density at radius 3 is 2.50 bits per heavy atom. The summed E-state index contributed by atoms with van der Waals surface area (Å²) < 4.78 is 53.0. The van der Waals surface area contributed by atoms with E-state index in [1.807, 2.05) is 0 Å². The van der Waals surface area contributed by atoms with Crippen LogP contribution in [-0.2, 0) is 10.0 Å². The third-order valence-electron chi connectivity index (χ3n) is 3.55. The second-order valence-corrected chi connectivity index (χ2v) is 6.78. The average molecular weight is 304 g/mol. The van der Waals surface area contributed by atoms with E-state index in [0.717, 1.165) is 31.4 Å². The van der Waals surface area contributed by atoms with Gasteiger partial charge in [0.15, 0.2) is 0 Å². The SMILES string of the molecule is NCCCN(C1CCC1)S(=O)(=O)c1ccc(F)cc1F. The smallest absolute Gasteiger partial charge is 0.246 e. The minimum atomic E-state index is -3.94. The van der Waals surface area contributed by atoms with Crippen molar-refractivity contribution in [2.24, 2.45) is 5.73 Å². The summed E-state index contributed by atoms with van der Waals surface area (Å²) in [5.41, 5.74) is 5.42. The van der Waals surface area contributed by atoms with Crippen LogP contribution in [0.2, 0.25) is 0 Å². The maximum Gasteiger partial charge on any atom is 0.246 e. The average Bonchev–Trinajstić information content (AvgIpc) is 2.31. The number of hydrogen-bond donors (Lipinski definition) is 1. The highest BCUT2D eigenvalue weighted by atomic mass is 32.2. The first-order valence-electron chi connectivity index (χ1n) is 6.64. The highest BCUT2D eigenvalue weighted by Gasteiger charge is 2.35. The monoisotopic (exact) mass is 304 g/mol. The van der Waals surface area contributed by atoms with Crippen molar-refractivity contribution in [2.75, 3.05) is 13.1 Å². The molecular weight excluding hydrogens is 286 g/mol. The predicted molar refractivity (Wildman–Crippen MR) is 71.6 cm³/mol. The molecule has 0 amide bonds. The van der Waals surface area contributed by atoms with Crippen molar-refractivity contribution < 1.29 is 17.2 Å². The van der Waals surface area contributed by atoms with Crippen molar-refractivity contribution in [3.63, 3.8) is 0 Å². The molecular formula is C13H18F2N2O2S. The Hall–Kier alpha value is -1.05. The summed E-state index contributed by atoms with van der Waals surface area (Å²) in [5.74, 6) is -1.85. The van der Waals surface area contributed by atoms with Crippen LogP contribution in [0.25, 0.3) is 0 Å². The molecule has 0 aliphatic heterocycles. The Morgan fingerprint density at radius 2 is 2.00 bits per heavy atom. The van der Waals surface area contributed by atoms with E-state index in [9.17, 15) is 17.2 Å². The third kappa shape index (κ3) is 2.99. The molecule has 1 aliphatic rings. The highest BCUT2D eigenvalue weighted by molar-refractivity contribution is 7.89. The summed E-state index contributed by atoms with van der Waals surface area (Å²) in [7, 11) is -3.94. The van der Waals surface area contributed by atoms with E-state index < -0.39 is 26.6 Å². The Balaban J connectivity index is 2.33. The first-order chi connectivity index (χ1) is 9.46. The number of benzene rings is 1. The molecule has 0 atom stereocenters. The normalized spacial score (nSPS) is 16.4. The van der Waals surface area contributed by atoms with Crippen LogP contribution in [0.15, 0.2) is 23.1 Å². The van der Waals surface area contributed by atoms with Crippen LogP contribution in [0.3, 0.4) is 0 Å². The molecule has 112 valence electrons. The fourth-order valence-electron chi connectivity index (χ4n) is 2.23.